The van der Waals surface area contributed by atoms with E-state index < -0.39 is 0 Å². The molecular formula is C13H19NO. The summed E-state index contributed by atoms with van der Waals surface area (Å²) in [6.45, 7) is 5.04. The number of para-hydroxylation sites is 1. The Morgan fingerprint density at radius 3 is 2.87 bits per heavy atom. The van der Waals surface area contributed by atoms with Crippen LogP contribution in [0.15, 0.2) is 18.2 Å². The highest BCUT2D eigenvalue weighted by Crippen LogP contribution is 2.39. The second-order valence-electron chi connectivity index (χ2n) is 4.26. The van der Waals surface area contributed by atoms with Crippen molar-refractivity contribution < 1.29 is 4.74 Å². The Kier molecular flexibility index (Phi) is 2.70. The van der Waals surface area contributed by atoms with Crippen LogP contribution in [0.3, 0.4) is 0 Å². The van der Waals surface area contributed by atoms with E-state index in [9.17, 15) is 0 Å². The van der Waals surface area contributed by atoms with Gasteiger partial charge in [0.2, 0.25) is 0 Å². The maximum absolute atomic E-state index is 6.41. The molecule has 2 N–H and O–H groups in total. The maximum Gasteiger partial charge on any atom is 0.127 e. The summed E-state index contributed by atoms with van der Waals surface area (Å²) in [4.78, 5) is 0. The van der Waals surface area contributed by atoms with E-state index in [1.165, 1.54) is 11.1 Å². The molecule has 0 fully saturated rings. The van der Waals surface area contributed by atoms with Crippen LogP contribution in [-0.4, -0.2) is 6.61 Å². The Hall–Kier alpha value is -1.02. The van der Waals surface area contributed by atoms with E-state index in [2.05, 4.69) is 32.0 Å². The van der Waals surface area contributed by atoms with Crippen molar-refractivity contribution in [2.24, 2.45) is 5.73 Å². The summed E-state index contributed by atoms with van der Waals surface area (Å²) in [6.07, 6.45) is 2.89. The molecule has 2 rings (SSSR count). The molecule has 0 spiro atoms. The molecule has 0 aromatic heterocycles. The van der Waals surface area contributed by atoms with Gasteiger partial charge in [-0.25, -0.2) is 0 Å². The number of benzene rings is 1. The number of aryl methyl sites for hydroxylation is 1. The van der Waals surface area contributed by atoms with Gasteiger partial charge in [-0.3, -0.25) is 0 Å². The van der Waals surface area contributed by atoms with Crippen LogP contribution in [0.1, 0.15) is 37.8 Å². The molecule has 0 saturated heterocycles. The Balaban J connectivity index is 2.53. The molecule has 1 aromatic carbocycles. The zero-order chi connectivity index (χ0) is 10.9. The summed E-state index contributed by atoms with van der Waals surface area (Å²) >= 11 is 0. The highest BCUT2D eigenvalue weighted by molar-refractivity contribution is 5.46. The van der Waals surface area contributed by atoms with Crippen molar-refractivity contribution in [3.8, 4) is 5.75 Å². The zero-order valence-corrected chi connectivity index (χ0v) is 9.55. The van der Waals surface area contributed by atoms with E-state index in [4.69, 9.17) is 10.5 Å². The third-order valence-electron chi connectivity index (χ3n) is 3.44. The minimum absolute atomic E-state index is 0.182. The smallest absolute Gasteiger partial charge is 0.127 e. The minimum Gasteiger partial charge on any atom is -0.493 e. The number of ether oxygens (including phenoxy) is 1. The molecule has 2 nitrogen and oxygen atoms in total. The van der Waals surface area contributed by atoms with Gasteiger partial charge in [0, 0.05) is 17.5 Å². The van der Waals surface area contributed by atoms with Crippen molar-refractivity contribution in [1.82, 2.24) is 0 Å². The van der Waals surface area contributed by atoms with Crippen molar-refractivity contribution in [1.29, 1.82) is 0 Å². The van der Waals surface area contributed by atoms with Gasteiger partial charge in [0.25, 0.3) is 0 Å². The molecule has 0 saturated carbocycles. The molecule has 1 atom stereocenters. The van der Waals surface area contributed by atoms with Crippen molar-refractivity contribution in [3.05, 3.63) is 29.3 Å². The quantitative estimate of drug-likeness (QED) is 0.805. The molecule has 1 heterocycles. The molecule has 2 heteroatoms. The number of hydrogen-bond donors (Lipinski definition) is 1. The third kappa shape index (κ3) is 1.63. The largest absolute Gasteiger partial charge is 0.493 e. The van der Waals surface area contributed by atoms with Gasteiger partial charge < -0.3 is 10.5 Å². The number of rotatable bonds is 2. The second kappa shape index (κ2) is 3.86. The third-order valence-corrected chi connectivity index (χ3v) is 3.44. The lowest BCUT2D eigenvalue weighted by molar-refractivity contribution is 0.210. The first-order valence-corrected chi connectivity index (χ1v) is 5.75. The van der Waals surface area contributed by atoms with Crippen LogP contribution in [0.2, 0.25) is 0 Å². The summed E-state index contributed by atoms with van der Waals surface area (Å²) in [7, 11) is 0. The van der Waals surface area contributed by atoms with Crippen LogP contribution in [0, 0.1) is 0 Å². The van der Waals surface area contributed by atoms with E-state index in [0.29, 0.717) is 0 Å². The van der Waals surface area contributed by atoms with Gasteiger partial charge in [0.05, 0.1) is 6.61 Å². The Morgan fingerprint density at radius 2 is 2.20 bits per heavy atom. The molecule has 15 heavy (non-hydrogen) atoms. The summed E-state index contributed by atoms with van der Waals surface area (Å²) in [5.41, 5.74) is 8.70. The number of hydrogen-bond acceptors (Lipinski definition) is 2. The molecule has 1 aliphatic rings. The van der Waals surface area contributed by atoms with Crippen molar-refractivity contribution in [3.63, 3.8) is 0 Å². The lowest BCUT2D eigenvalue weighted by Crippen LogP contribution is -2.41. The fraction of sp³-hybridized carbons (Fsp3) is 0.538. The lowest BCUT2D eigenvalue weighted by atomic mass is 9.82. The Morgan fingerprint density at radius 1 is 1.40 bits per heavy atom. The van der Waals surface area contributed by atoms with E-state index in [0.717, 1.165) is 31.6 Å². The maximum atomic E-state index is 6.41. The topological polar surface area (TPSA) is 35.2 Å². The van der Waals surface area contributed by atoms with Gasteiger partial charge in [-0.2, -0.15) is 0 Å². The van der Waals surface area contributed by atoms with Gasteiger partial charge >= 0.3 is 0 Å². The Bertz CT molecular complexity index is 362. The van der Waals surface area contributed by atoms with Gasteiger partial charge in [0.1, 0.15) is 5.75 Å². The summed E-state index contributed by atoms with van der Waals surface area (Å²) < 4.78 is 5.76. The Labute approximate surface area is 91.4 Å². The highest BCUT2D eigenvalue weighted by Gasteiger charge is 2.32. The number of fused-ring (bicyclic) bond motifs is 1. The first-order valence-electron chi connectivity index (χ1n) is 5.75. The van der Waals surface area contributed by atoms with E-state index >= 15 is 0 Å². The molecule has 0 bridgehead atoms. The fourth-order valence-electron chi connectivity index (χ4n) is 2.26. The zero-order valence-electron chi connectivity index (χ0n) is 9.55. The molecular weight excluding hydrogens is 186 g/mol. The van der Waals surface area contributed by atoms with Gasteiger partial charge in [-0.1, -0.05) is 32.0 Å². The average Bonchev–Trinajstić information content (AvgIpc) is 2.29. The molecule has 1 aromatic rings. The molecule has 0 amide bonds. The fourth-order valence-corrected chi connectivity index (χ4v) is 2.26. The second-order valence-corrected chi connectivity index (χ2v) is 4.26. The van der Waals surface area contributed by atoms with Crippen LogP contribution < -0.4 is 10.5 Å². The predicted octanol–water partition coefficient (Wildman–Crippen LogP) is 2.60. The molecule has 82 valence electrons. The summed E-state index contributed by atoms with van der Waals surface area (Å²) in [6, 6.07) is 6.32. The molecule has 0 aliphatic carbocycles. The summed E-state index contributed by atoms with van der Waals surface area (Å²) in [5.74, 6) is 1.04. The average molecular weight is 205 g/mol. The predicted molar refractivity (Wildman–Crippen MR) is 62.1 cm³/mol. The van der Waals surface area contributed by atoms with Crippen LogP contribution in [0.25, 0.3) is 0 Å². The van der Waals surface area contributed by atoms with Crippen LogP contribution in [-0.2, 0) is 12.0 Å². The van der Waals surface area contributed by atoms with Gasteiger partial charge in [0.15, 0.2) is 0 Å². The van der Waals surface area contributed by atoms with Crippen molar-refractivity contribution in [2.45, 2.75) is 38.6 Å². The van der Waals surface area contributed by atoms with Crippen LogP contribution in [0.4, 0.5) is 0 Å². The van der Waals surface area contributed by atoms with E-state index in [-0.39, 0.29) is 5.54 Å². The van der Waals surface area contributed by atoms with Crippen LogP contribution in [0.5, 0.6) is 5.75 Å². The standard InChI is InChI=1S/C13H19NO/c1-3-10-6-5-7-11-12(10)15-9-8-13(11,14)4-2/h5-7H,3-4,8-9,14H2,1-2H3. The van der Waals surface area contributed by atoms with E-state index in [1.54, 1.807) is 0 Å². The lowest BCUT2D eigenvalue weighted by Gasteiger charge is -2.35. The first kappa shape index (κ1) is 10.5. The SMILES string of the molecule is CCc1cccc2c1OCCC2(N)CC. The normalized spacial score (nSPS) is 24.5. The molecule has 1 aliphatic heterocycles. The van der Waals surface area contributed by atoms with Crippen molar-refractivity contribution >= 4 is 0 Å². The van der Waals surface area contributed by atoms with Crippen molar-refractivity contribution in [2.75, 3.05) is 6.61 Å². The van der Waals surface area contributed by atoms with Gasteiger partial charge in [-0.15, -0.1) is 0 Å². The first-order chi connectivity index (χ1) is 7.21. The highest BCUT2D eigenvalue weighted by atomic mass is 16.5. The van der Waals surface area contributed by atoms with Crippen LogP contribution >= 0.6 is 0 Å². The molecule has 0 radical (unpaired) electrons. The van der Waals surface area contributed by atoms with E-state index in [1.807, 2.05) is 0 Å². The number of nitrogens with two attached hydrogens (primary N) is 1. The molecule has 1 unspecified atom stereocenters. The summed E-state index contributed by atoms with van der Waals surface area (Å²) in [5, 5.41) is 0. The monoisotopic (exact) mass is 205 g/mol. The minimum atomic E-state index is -0.182. The van der Waals surface area contributed by atoms with Gasteiger partial charge in [-0.05, 0) is 18.4 Å².